The number of imide groups is 1. The fourth-order valence-electron chi connectivity index (χ4n) is 3.62. The Labute approximate surface area is 212 Å². The Bertz CT molecular complexity index is 1310. The number of nitrogens with two attached hydrogens (primary N) is 1. The smallest absolute Gasteiger partial charge is 0.421 e. The van der Waals surface area contributed by atoms with Gasteiger partial charge in [0.2, 0.25) is 6.79 Å². The number of benzene rings is 1. The number of phosphoric acid groups is 1. The number of nitrogens with zero attached hydrogens (tertiary/aromatic N) is 2. The summed E-state index contributed by atoms with van der Waals surface area (Å²) in [7, 11) is -4.84. The van der Waals surface area contributed by atoms with Gasteiger partial charge in [-0.3, -0.25) is 9.59 Å². The fourth-order valence-corrected chi connectivity index (χ4v) is 3.81. The maximum atomic E-state index is 13.2. The quantitative estimate of drug-likeness (QED) is 0.139. The van der Waals surface area contributed by atoms with Crippen molar-refractivity contribution in [2.45, 2.75) is 51.6 Å². The molecule has 2 saturated carbocycles. The molecule has 0 saturated heterocycles. The molecule has 3 amide bonds. The van der Waals surface area contributed by atoms with Crippen molar-refractivity contribution >= 4 is 37.3 Å². The van der Waals surface area contributed by atoms with E-state index in [9.17, 15) is 18.9 Å². The third-order valence-corrected chi connectivity index (χ3v) is 6.42. The van der Waals surface area contributed by atoms with Crippen LogP contribution in [0, 0.1) is 13.8 Å². The minimum Gasteiger partial charge on any atom is -0.421 e. The second-order valence-corrected chi connectivity index (χ2v) is 10.2. The topological polar surface area (TPSA) is 197 Å². The number of aromatic nitrogens is 1. The van der Waals surface area contributed by atoms with Gasteiger partial charge in [-0.1, -0.05) is 6.07 Å². The van der Waals surface area contributed by atoms with Crippen molar-refractivity contribution in [1.29, 1.82) is 0 Å². The van der Waals surface area contributed by atoms with Crippen molar-refractivity contribution in [2.24, 2.45) is 10.7 Å². The fraction of sp³-hybridized carbons (Fsp3) is 0.391. The van der Waals surface area contributed by atoms with Crippen LogP contribution in [0.25, 0.3) is 0 Å². The number of H-pyrrole nitrogens is 1. The highest BCUT2D eigenvalue weighted by atomic mass is 31.2. The van der Waals surface area contributed by atoms with Gasteiger partial charge in [0.05, 0.1) is 16.9 Å². The minimum absolute atomic E-state index is 0.115. The van der Waals surface area contributed by atoms with Crippen LogP contribution >= 0.6 is 7.82 Å². The van der Waals surface area contributed by atoms with E-state index in [4.69, 9.17) is 20.3 Å². The van der Waals surface area contributed by atoms with Crippen LogP contribution in [0.5, 0.6) is 0 Å². The van der Waals surface area contributed by atoms with Crippen molar-refractivity contribution in [1.82, 2.24) is 15.2 Å². The zero-order chi connectivity index (χ0) is 26.9. The Morgan fingerprint density at radius 1 is 1.22 bits per heavy atom. The largest absolute Gasteiger partial charge is 0.472 e. The maximum Gasteiger partial charge on any atom is 0.472 e. The molecule has 6 N–H and O–H groups in total. The minimum atomic E-state index is -4.84. The Morgan fingerprint density at radius 2 is 1.92 bits per heavy atom. The van der Waals surface area contributed by atoms with Crippen LogP contribution in [0.4, 0.5) is 10.5 Å². The molecule has 2 aliphatic carbocycles. The normalized spacial score (nSPS) is 15.8. The van der Waals surface area contributed by atoms with Crippen molar-refractivity contribution in [3.05, 3.63) is 52.3 Å². The lowest BCUT2D eigenvalue weighted by molar-refractivity contribution is 0.0193. The lowest BCUT2D eigenvalue weighted by atomic mass is 10.1. The molecular formula is C23H28N5O8P. The van der Waals surface area contributed by atoms with Crippen LogP contribution < -0.4 is 11.1 Å². The highest BCUT2D eigenvalue weighted by molar-refractivity contribution is 7.46. The van der Waals surface area contributed by atoms with E-state index in [1.54, 1.807) is 26.1 Å². The van der Waals surface area contributed by atoms with E-state index in [1.807, 2.05) is 0 Å². The first-order chi connectivity index (χ1) is 17.4. The number of rotatable bonds is 9. The molecule has 1 heterocycles. The van der Waals surface area contributed by atoms with Gasteiger partial charge in [-0.05, 0) is 62.8 Å². The highest BCUT2D eigenvalue weighted by Crippen LogP contribution is 2.36. The Kier molecular flexibility index (Phi) is 7.51. The van der Waals surface area contributed by atoms with Gasteiger partial charge in [-0.25, -0.2) is 23.8 Å². The van der Waals surface area contributed by atoms with Crippen LogP contribution in [-0.4, -0.2) is 62.3 Å². The first kappa shape index (κ1) is 26.6. The molecule has 198 valence electrons. The monoisotopic (exact) mass is 533 g/mol. The van der Waals surface area contributed by atoms with Crippen LogP contribution in [0.2, 0.25) is 0 Å². The van der Waals surface area contributed by atoms with E-state index in [-0.39, 0.29) is 23.3 Å². The van der Waals surface area contributed by atoms with E-state index in [0.29, 0.717) is 40.9 Å². The van der Waals surface area contributed by atoms with Gasteiger partial charge in [0, 0.05) is 23.8 Å². The third kappa shape index (κ3) is 6.63. The standard InChI is InChI=1S/C23H28N5O8P/c1-12-3-4-14(22(30)28(16-7-8-16)23(31)35-11-36-37(32,33)34)9-18(12)27-20(24)19-13(2)17(10-25-19)21(29)26-15-5-6-15/h3-4,9-10,15-16,25H,5-8,11H2,1-2H3,(H2,24,27)(H,26,29)(H2,32,33,34). The Morgan fingerprint density at radius 3 is 2.54 bits per heavy atom. The van der Waals surface area contributed by atoms with Gasteiger partial charge >= 0.3 is 13.9 Å². The first-order valence-corrected chi connectivity index (χ1v) is 13.1. The molecule has 0 bridgehead atoms. The first-order valence-electron chi connectivity index (χ1n) is 11.6. The average Bonchev–Trinajstić information content (AvgIpc) is 3.75. The number of carbonyl (C=O) groups excluding carboxylic acids is 3. The maximum absolute atomic E-state index is 13.2. The predicted octanol–water partition coefficient (Wildman–Crippen LogP) is 2.37. The Balaban J connectivity index is 1.53. The summed E-state index contributed by atoms with van der Waals surface area (Å²) in [6.45, 7) is 2.54. The third-order valence-electron chi connectivity index (χ3n) is 5.98. The summed E-state index contributed by atoms with van der Waals surface area (Å²) < 4.78 is 19.7. The van der Waals surface area contributed by atoms with Crippen molar-refractivity contribution in [2.75, 3.05) is 6.79 Å². The van der Waals surface area contributed by atoms with Gasteiger partial charge in [-0.15, -0.1) is 0 Å². The summed E-state index contributed by atoms with van der Waals surface area (Å²) in [6, 6.07) is 4.49. The molecule has 2 fully saturated rings. The molecule has 0 unspecified atom stereocenters. The van der Waals surface area contributed by atoms with Crippen molar-refractivity contribution in [3.63, 3.8) is 0 Å². The molecule has 0 spiro atoms. The number of aliphatic imine (C=N–C) groups is 1. The second-order valence-electron chi connectivity index (χ2n) is 9.00. The molecule has 2 aromatic rings. The van der Waals surface area contributed by atoms with E-state index in [0.717, 1.165) is 17.7 Å². The zero-order valence-electron chi connectivity index (χ0n) is 20.3. The number of hydrogen-bond acceptors (Lipinski definition) is 7. The molecule has 0 radical (unpaired) electrons. The molecular weight excluding hydrogens is 505 g/mol. The molecule has 4 rings (SSSR count). The number of aryl methyl sites for hydroxylation is 1. The number of nitrogens with one attached hydrogen (secondary N) is 2. The SMILES string of the molecule is Cc1ccc(C(=O)N(C(=O)OCOP(=O)(O)O)C2CC2)cc1N=C(N)c1[nH]cc(C(=O)NC2CC2)c1C. The molecule has 1 aromatic heterocycles. The van der Waals surface area contributed by atoms with E-state index in [1.165, 1.54) is 12.1 Å². The van der Waals surface area contributed by atoms with Crippen LogP contribution in [-0.2, 0) is 13.8 Å². The average molecular weight is 533 g/mol. The molecule has 14 heteroatoms. The molecule has 37 heavy (non-hydrogen) atoms. The van der Waals surface area contributed by atoms with Crippen LogP contribution in [0.15, 0.2) is 29.4 Å². The predicted molar refractivity (Wildman–Crippen MR) is 131 cm³/mol. The lowest BCUT2D eigenvalue weighted by Gasteiger charge is -2.20. The summed E-state index contributed by atoms with van der Waals surface area (Å²) >= 11 is 0. The van der Waals surface area contributed by atoms with E-state index >= 15 is 0 Å². The number of phosphoric ester groups is 1. The summed E-state index contributed by atoms with van der Waals surface area (Å²) in [6.07, 6.45) is 3.59. The number of aromatic amines is 1. The summed E-state index contributed by atoms with van der Waals surface area (Å²) in [4.78, 5) is 63.9. The number of amidine groups is 1. The summed E-state index contributed by atoms with van der Waals surface area (Å²) in [5.41, 5.74) is 9.08. The van der Waals surface area contributed by atoms with Gasteiger partial charge in [0.25, 0.3) is 11.8 Å². The van der Waals surface area contributed by atoms with Gasteiger partial charge in [-0.2, -0.15) is 0 Å². The second kappa shape index (κ2) is 10.5. The molecule has 2 aliphatic rings. The van der Waals surface area contributed by atoms with E-state index in [2.05, 4.69) is 19.8 Å². The summed E-state index contributed by atoms with van der Waals surface area (Å²) in [5.74, 6) is -0.727. The lowest BCUT2D eigenvalue weighted by Crippen LogP contribution is -2.39. The van der Waals surface area contributed by atoms with Crippen LogP contribution in [0.1, 0.15) is 63.2 Å². The molecule has 0 aliphatic heterocycles. The summed E-state index contributed by atoms with van der Waals surface area (Å²) in [5, 5.41) is 2.93. The van der Waals surface area contributed by atoms with Crippen LogP contribution in [0.3, 0.4) is 0 Å². The van der Waals surface area contributed by atoms with E-state index < -0.39 is 32.7 Å². The highest BCUT2D eigenvalue weighted by Gasteiger charge is 2.39. The zero-order valence-corrected chi connectivity index (χ0v) is 21.2. The van der Waals surface area contributed by atoms with Crippen molar-refractivity contribution < 1.29 is 38.0 Å². The van der Waals surface area contributed by atoms with Gasteiger partial charge in [0.1, 0.15) is 5.84 Å². The number of amides is 3. The molecule has 1 aromatic carbocycles. The number of carbonyl (C=O) groups is 3. The van der Waals surface area contributed by atoms with Gasteiger partial charge < -0.3 is 30.6 Å². The van der Waals surface area contributed by atoms with Crippen molar-refractivity contribution in [3.8, 4) is 0 Å². The number of hydrogen-bond donors (Lipinski definition) is 5. The molecule has 0 atom stereocenters. The molecule has 13 nitrogen and oxygen atoms in total. The number of ether oxygens (including phenoxy) is 1. The Hall–Kier alpha value is -3.51. The van der Waals surface area contributed by atoms with Gasteiger partial charge in [0.15, 0.2) is 0 Å².